The summed E-state index contributed by atoms with van der Waals surface area (Å²) in [5.41, 5.74) is -5.45. The number of hydrogen-bond acceptors (Lipinski definition) is 3. The maximum absolute atomic E-state index is 13.5. The lowest BCUT2D eigenvalue weighted by atomic mass is 10.1. The van der Waals surface area contributed by atoms with Crippen LogP contribution in [0.3, 0.4) is 0 Å². The number of halogens is 6. The van der Waals surface area contributed by atoms with Crippen molar-refractivity contribution in [1.29, 1.82) is 0 Å². The van der Waals surface area contributed by atoms with Gasteiger partial charge in [0.2, 0.25) is 0 Å². The fourth-order valence-electron chi connectivity index (χ4n) is 2.55. The molecule has 0 spiro atoms. The molecule has 3 aromatic rings. The molecule has 0 atom stereocenters. The highest BCUT2D eigenvalue weighted by atomic mass is 32.2. The van der Waals surface area contributed by atoms with Crippen molar-refractivity contribution < 1.29 is 35.9 Å². The Kier molecular flexibility index (Phi) is 6.49. The molecule has 0 unspecified atom stereocenters. The Labute approximate surface area is 177 Å². The quantitative estimate of drug-likeness (QED) is 0.321. The summed E-state index contributed by atoms with van der Waals surface area (Å²) >= 11 is -0.347. The van der Waals surface area contributed by atoms with Crippen molar-refractivity contribution in [2.24, 2.45) is 0 Å². The molecule has 3 nitrogen and oxygen atoms in total. The monoisotopic (exact) mass is 457 g/mol. The van der Waals surface area contributed by atoms with Gasteiger partial charge in [0.1, 0.15) is 17.1 Å². The number of carbonyl (C=O) groups excluding carboxylic acids is 1. The molecule has 0 radical (unpaired) electrons. The second kappa shape index (κ2) is 8.93. The molecule has 0 aromatic heterocycles. The van der Waals surface area contributed by atoms with Crippen LogP contribution in [0.2, 0.25) is 0 Å². The Morgan fingerprint density at radius 2 is 1.48 bits per heavy atom. The molecule has 162 valence electrons. The van der Waals surface area contributed by atoms with Crippen molar-refractivity contribution in [2.45, 2.75) is 16.6 Å². The molecule has 0 saturated carbocycles. The van der Waals surface area contributed by atoms with Gasteiger partial charge >= 0.3 is 11.7 Å². The number of carbonyl (C=O) groups is 1. The fraction of sp³-hybridized carbons (Fsp3) is 0.0952. The predicted molar refractivity (Wildman–Crippen MR) is 104 cm³/mol. The summed E-state index contributed by atoms with van der Waals surface area (Å²) in [6, 6.07) is 15.4. The molecule has 0 aliphatic rings. The lowest BCUT2D eigenvalue weighted by molar-refractivity contribution is -0.138. The lowest BCUT2D eigenvalue weighted by Crippen LogP contribution is -2.13. The summed E-state index contributed by atoms with van der Waals surface area (Å²) in [4.78, 5) is 12.0. The number of anilines is 1. The van der Waals surface area contributed by atoms with Crippen molar-refractivity contribution in [3.05, 3.63) is 83.9 Å². The smallest absolute Gasteiger partial charge is 0.446 e. The van der Waals surface area contributed by atoms with E-state index in [4.69, 9.17) is 4.74 Å². The van der Waals surface area contributed by atoms with E-state index in [-0.39, 0.29) is 33.7 Å². The summed E-state index contributed by atoms with van der Waals surface area (Å²) in [5, 5.41) is 2.39. The van der Waals surface area contributed by atoms with E-state index in [1.807, 2.05) is 0 Å². The zero-order valence-corrected chi connectivity index (χ0v) is 16.2. The Morgan fingerprint density at radius 1 is 0.839 bits per heavy atom. The maximum Gasteiger partial charge on any atom is 0.446 e. The molecule has 0 heterocycles. The van der Waals surface area contributed by atoms with E-state index in [2.05, 4.69) is 5.32 Å². The van der Waals surface area contributed by atoms with Crippen LogP contribution in [0.5, 0.6) is 11.5 Å². The molecule has 1 amide bonds. The third kappa shape index (κ3) is 6.42. The minimum Gasteiger partial charge on any atom is -0.457 e. The summed E-state index contributed by atoms with van der Waals surface area (Å²) in [6.07, 6.45) is -4.80. The van der Waals surface area contributed by atoms with Crippen molar-refractivity contribution >= 4 is 23.4 Å². The molecule has 1 N–H and O–H groups in total. The van der Waals surface area contributed by atoms with Crippen LogP contribution in [0, 0.1) is 0 Å². The minimum atomic E-state index is -4.80. The van der Waals surface area contributed by atoms with Crippen LogP contribution in [0.4, 0.5) is 32.0 Å². The summed E-state index contributed by atoms with van der Waals surface area (Å²) < 4.78 is 83.0. The van der Waals surface area contributed by atoms with E-state index in [0.717, 1.165) is 36.4 Å². The van der Waals surface area contributed by atoms with Crippen LogP contribution in [-0.4, -0.2) is 11.4 Å². The van der Waals surface area contributed by atoms with E-state index in [1.165, 1.54) is 18.2 Å². The first-order chi connectivity index (χ1) is 14.5. The van der Waals surface area contributed by atoms with Crippen LogP contribution in [-0.2, 0) is 6.18 Å². The first-order valence-electron chi connectivity index (χ1n) is 8.62. The molecule has 0 aliphatic heterocycles. The van der Waals surface area contributed by atoms with Crippen LogP contribution in [0.25, 0.3) is 0 Å². The highest BCUT2D eigenvalue weighted by molar-refractivity contribution is 8.00. The zero-order valence-electron chi connectivity index (χ0n) is 15.4. The van der Waals surface area contributed by atoms with Gasteiger partial charge < -0.3 is 10.1 Å². The normalized spacial score (nSPS) is 11.8. The van der Waals surface area contributed by atoms with Gasteiger partial charge in [-0.1, -0.05) is 18.2 Å². The van der Waals surface area contributed by atoms with E-state index in [9.17, 15) is 31.1 Å². The third-order valence-electron chi connectivity index (χ3n) is 3.86. The first-order valence-corrected chi connectivity index (χ1v) is 9.44. The average Bonchev–Trinajstić information content (AvgIpc) is 2.69. The molecule has 31 heavy (non-hydrogen) atoms. The molecule has 10 heteroatoms. The predicted octanol–water partition coefficient (Wildman–Crippen LogP) is 7.36. The molecule has 0 saturated heterocycles. The molecule has 3 rings (SSSR count). The molecular formula is C21H13F6NO2S. The van der Waals surface area contributed by atoms with Crippen molar-refractivity contribution in [1.82, 2.24) is 0 Å². The third-order valence-corrected chi connectivity index (χ3v) is 4.60. The lowest BCUT2D eigenvalue weighted by Gasteiger charge is -2.16. The zero-order chi connectivity index (χ0) is 22.6. The summed E-state index contributed by atoms with van der Waals surface area (Å²) in [6.45, 7) is 0. The van der Waals surface area contributed by atoms with Crippen LogP contribution in [0.15, 0.2) is 77.7 Å². The number of alkyl halides is 6. The number of benzene rings is 3. The van der Waals surface area contributed by atoms with Gasteiger partial charge in [0, 0.05) is 16.1 Å². The largest absolute Gasteiger partial charge is 0.457 e. The van der Waals surface area contributed by atoms with Crippen molar-refractivity contribution in [3.8, 4) is 11.5 Å². The minimum absolute atomic E-state index is 0.0712. The van der Waals surface area contributed by atoms with Crippen molar-refractivity contribution in [2.75, 3.05) is 5.32 Å². The van der Waals surface area contributed by atoms with Gasteiger partial charge in [-0.2, -0.15) is 26.3 Å². The second-order valence-corrected chi connectivity index (χ2v) is 7.29. The SMILES string of the molecule is O=C(Nc1ccc(Oc2ccc(SC(F)(F)F)cc2)c(C(F)(F)F)c1)c1ccccc1. The number of hydrogen-bond donors (Lipinski definition) is 1. The Morgan fingerprint density at radius 3 is 2.06 bits per heavy atom. The van der Waals surface area contributed by atoms with E-state index < -0.39 is 28.9 Å². The number of ether oxygens (including phenoxy) is 1. The summed E-state index contributed by atoms with van der Waals surface area (Å²) in [7, 11) is 0. The second-order valence-electron chi connectivity index (χ2n) is 6.15. The van der Waals surface area contributed by atoms with E-state index in [0.29, 0.717) is 0 Å². The topological polar surface area (TPSA) is 38.3 Å². The van der Waals surface area contributed by atoms with Crippen molar-refractivity contribution in [3.63, 3.8) is 0 Å². The van der Waals surface area contributed by atoms with Gasteiger partial charge in [0.25, 0.3) is 5.91 Å². The van der Waals surface area contributed by atoms with Crippen LogP contribution in [0.1, 0.15) is 15.9 Å². The first kappa shape index (κ1) is 22.5. The number of amides is 1. The molecule has 0 bridgehead atoms. The van der Waals surface area contributed by atoms with Gasteiger partial charge in [0.05, 0.1) is 0 Å². The van der Waals surface area contributed by atoms with Gasteiger partial charge in [-0.3, -0.25) is 4.79 Å². The van der Waals surface area contributed by atoms with Crippen LogP contribution >= 0.6 is 11.8 Å². The Hall–Kier alpha value is -3.14. The Balaban J connectivity index is 1.81. The molecular weight excluding hydrogens is 444 g/mol. The van der Waals surface area contributed by atoms with E-state index in [1.54, 1.807) is 18.2 Å². The Bertz CT molecular complexity index is 1050. The number of thioether (sulfide) groups is 1. The van der Waals surface area contributed by atoms with Gasteiger partial charge in [-0.15, -0.1) is 0 Å². The molecule has 0 fully saturated rings. The summed E-state index contributed by atoms with van der Waals surface area (Å²) in [5.74, 6) is -1.21. The average molecular weight is 457 g/mol. The standard InChI is InChI=1S/C21H13F6NO2S/c22-20(23,24)17-12-14(28-19(29)13-4-2-1-3-5-13)6-11-18(17)30-15-7-9-16(10-8-15)31-21(25,26)27/h1-12H,(H,28,29). The molecule has 3 aromatic carbocycles. The maximum atomic E-state index is 13.5. The van der Waals surface area contributed by atoms with Gasteiger partial charge in [0.15, 0.2) is 0 Å². The number of rotatable bonds is 5. The highest BCUT2D eigenvalue weighted by Crippen LogP contribution is 2.41. The van der Waals surface area contributed by atoms with Gasteiger partial charge in [-0.25, -0.2) is 0 Å². The van der Waals surface area contributed by atoms with E-state index >= 15 is 0 Å². The molecule has 0 aliphatic carbocycles. The number of nitrogens with one attached hydrogen (secondary N) is 1. The van der Waals surface area contributed by atoms with Gasteiger partial charge in [-0.05, 0) is 66.4 Å². The highest BCUT2D eigenvalue weighted by Gasteiger charge is 2.35. The van der Waals surface area contributed by atoms with Crippen LogP contribution < -0.4 is 10.1 Å². The fourth-order valence-corrected chi connectivity index (χ4v) is 3.09.